The van der Waals surface area contributed by atoms with Crippen molar-refractivity contribution in [1.82, 2.24) is 0 Å². The fourth-order valence-electron chi connectivity index (χ4n) is 0.359. The number of hydrogen-bond acceptors (Lipinski definition) is 1. The average molecular weight is 105 g/mol. The van der Waals surface area contributed by atoms with E-state index in [-0.39, 0.29) is 5.56 Å². The van der Waals surface area contributed by atoms with Crippen LogP contribution in [0.1, 0.15) is 6.42 Å². The third kappa shape index (κ3) is 0.658. The maximum atomic E-state index is 5.43. The third-order valence-electron chi connectivity index (χ3n) is 0.644. The van der Waals surface area contributed by atoms with Crippen molar-refractivity contribution in [1.29, 1.82) is 0 Å². The van der Waals surface area contributed by atoms with Gasteiger partial charge in [-0.3, -0.25) is 0 Å². The Labute approximate surface area is 41.6 Å². The highest BCUT2D eigenvalue weighted by Gasteiger charge is 2.03. The maximum absolute atomic E-state index is 5.43. The Bertz CT molecular complexity index is 61.9. The van der Waals surface area contributed by atoms with Crippen molar-refractivity contribution in [2.24, 2.45) is 0 Å². The van der Waals surface area contributed by atoms with Gasteiger partial charge in [-0.05, 0) is 6.08 Å². The monoisotopic (exact) mass is 104 g/mol. The molecule has 34 valence electrons. The molecule has 0 radical (unpaired) electrons. The molecular formula is C4H5ClO. The summed E-state index contributed by atoms with van der Waals surface area (Å²) in [5.74, 6) is 0. The zero-order valence-corrected chi connectivity index (χ0v) is 3.98. The van der Waals surface area contributed by atoms with Gasteiger partial charge in [0.05, 0.1) is 6.26 Å². The maximum Gasteiger partial charge on any atom is 0.174 e. The van der Waals surface area contributed by atoms with Gasteiger partial charge in [0, 0.05) is 6.42 Å². The zero-order chi connectivity index (χ0) is 4.41. The highest BCUT2D eigenvalue weighted by Crippen LogP contribution is 2.10. The molecule has 0 spiro atoms. The summed E-state index contributed by atoms with van der Waals surface area (Å²) in [5.41, 5.74) is -0.0926. The van der Waals surface area contributed by atoms with E-state index < -0.39 is 0 Å². The Hall–Kier alpha value is -0.170. The molecule has 0 fully saturated rings. The van der Waals surface area contributed by atoms with Gasteiger partial charge in [-0.2, -0.15) is 0 Å². The van der Waals surface area contributed by atoms with E-state index in [9.17, 15) is 0 Å². The molecule has 0 N–H and O–H groups in total. The second-order valence-electron chi connectivity index (χ2n) is 1.15. The van der Waals surface area contributed by atoms with E-state index in [2.05, 4.69) is 0 Å². The Morgan fingerprint density at radius 3 is 2.83 bits per heavy atom. The topological polar surface area (TPSA) is 9.23 Å². The van der Waals surface area contributed by atoms with Gasteiger partial charge in [0.25, 0.3) is 0 Å². The molecule has 1 rings (SSSR count). The molecule has 0 aromatic carbocycles. The second-order valence-corrected chi connectivity index (χ2v) is 1.64. The lowest BCUT2D eigenvalue weighted by Gasteiger charge is -1.94. The van der Waals surface area contributed by atoms with Crippen molar-refractivity contribution >= 4 is 11.6 Å². The number of halogens is 1. The van der Waals surface area contributed by atoms with Crippen LogP contribution in [0.5, 0.6) is 0 Å². The molecule has 1 aliphatic heterocycles. The molecule has 1 nitrogen and oxygen atoms in total. The number of alkyl halides is 1. The van der Waals surface area contributed by atoms with Crippen LogP contribution in [0.3, 0.4) is 0 Å². The first-order valence-electron chi connectivity index (χ1n) is 1.84. The predicted octanol–water partition coefficient (Wildman–Crippen LogP) is 1.49. The summed E-state index contributed by atoms with van der Waals surface area (Å²) in [5, 5.41) is 0. The minimum atomic E-state index is -0.0926. The van der Waals surface area contributed by atoms with Crippen LogP contribution >= 0.6 is 11.6 Å². The summed E-state index contributed by atoms with van der Waals surface area (Å²) >= 11 is 5.43. The van der Waals surface area contributed by atoms with Gasteiger partial charge >= 0.3 is 0 Å². The SMILES string of the molecule is ClC1CC=CO1. The summed E-state index contributed by atoms with van der Waals surface area (Å²) in [7, 11) is 0. The molecule has 6 heavy (non-hydrogen) atoms. The highest BCUT2D eigenvalue weighted by atomic mass is 35.5. The molecule has 1 unspecified atom stereocenters. The standard InChI is InChI=1S/C4H5ClO/c5-4-2-1-3-6-4/h1,3-4H,2H2. The van der Waals surface area contributed by atoms with E-state index in [1.807, 2.05) is 6.08 Å². The Kier molecular flexibility index (Phi) is 1.01. The van der Waals surface area contributed by atoms with E-state index in [0.29, 0.717) is 0 Å². The van der Waals surface area contributed by atoms with Gasteiger partial charge in [0.2, 0.25) is 0 Å². The molecule has 1 atom stereocenters. The first-order chi connectivity index (χ1) is 2.89. The van der Waals surface area contributed by atoms with Crippen LogP contribution in [0.4, 0.5) is 0 Å². The first kappa shape index (κ1) is 4.00. The third-order valence-corrected chi connectivity index (χ3v) is 0.925. The normalized spacial score (nSPS) is 30.5. The van der Waals surface area contributed by atoms with Gasteiger partial charge in [0.15, 0.2) is 5.56 Å². The number of ether oxygens (including phenoxy) is 1. The average Bonchev–Trinajstić information content (AvgIpc) is 1.86. The predicted molar refractivity (Wildman–Crippen MR) is 24.5 cm³/mol. The summed E-state index contributed by atoms with van der Waals surface area (Å²) in [4.78, 5) is 0. The molecule has 1 aliphatic rings. The van der Waals surface area contributed by atoms with Crippen molar-refractivity contribution < 1.29 is 4.74 Å². The van der Waals surface area contributed by atoms with Crippen LogP contribution < -0.4 is 0 Å². The van der Waals surface area contributed by atoms with E-state index in [4.69, 9.17) is 16.3 Å². The minimum absolute atomic E-state index is 0.0926. The summed E-state index contributed by atoms with van der Waals surface area (Å²) in [6.45, 7) is 0. The molecule has 1 heterocycles. The summed E-state index contributed by atoms with van der Waals surface area (Å²) in [6, 6.07) is 0. The van der Waals surface area contributed by atoms with E-state index >= 15 is 0 Å². The summed E-state index contributed by atoms with van der Waals surface area (Å²) in [6.07, 6.45) is 4.37. The lowest BCUT2D eigenvalue weighted by Crippen LogP contribution is -1.88. The fraction of sp³-hybridized carbons (Fsp3) is 0.500. The van der Waals surface area contributed by atoms with Crippen LogP contribution in [0.2, 0.25) is 0 Å². The van der Waals surface area contributed by atoms with Crippen LogP contribution in [0, 0.1) is 0 Å². The molecular weight excluding hydrogens is 99.5 g/mol. The second kappa shape index (κ2) is 1.52. The molecule has 0 amide bonds. The van der Waals surface area contributed by atoms with Gasteiger partial charge in [0.1, 0.15) is 0 Å². The quantitative estimate of drug-likeness (QED) is 0.423. The molecule has 2 heteroatoms. The number of hydrogen-bond donors (Lipinski definition) is 0. The molecule has 0 aromatic heterocycles. The highest BCUT2D eigenvalue weighted by molar-refractivity contribution is 6.19. The molecule has 0 saturated carbocycles. The van der Waals surface area contributed by atoms with Crippen LogP contribution in [0.15, 0.2) is 12.3 Å². The van der Waals surface area contributed by atoms with Crippen molar-refractivity contribution in [3.8, 4) is 0 Å². The van der Waals surface area contributed by atoms with Crippen LogP contribution in [-0.4, -0.2) is 5.56 Å². The Balaban J connectivity index is 2.32. The zero-order valence-electron chi connectivity index (χ0n) is 3.23. The van der Waals surface area contributed by atoms with Gasteiger partial charge in [-0.25, -0.2) is 0 Å². The van der Waals surface area contributed by atoms with Crippen LogP contribution in [0.25, 0.3) is 0 Å². The summed E-state index contributed by atoms with van der Waals surface area (Å²) < 4.78 is 4.74. The van der Waals surface area contributed by atoms with Crippen LogP contribution in [-0.2, 0) is 4.74 Å². The van der Waals surface area contributed by atoms with Gasteiger partial charge < -0.3 is 4.74 Å². The largest absolute Gasteiger partial charge is 0.482 e. The molecule has 0 aromatic rings. The van der Waals surface area contributed by atoms with Gasteiger partial charge in [-0.15, -0.1) is 0 Å². The van der Waals surface area contributed by atoms with Crippen molar-refractivity contribution in [3.63, 3.8) is 0 Å². The Morgan fingerprint density at radius 2 is 2.67 bits per heavy atom. The number of rotatable bonds is 0. The van der Waals surface area contributed by atoms with Crippen molar-refractivity contribution in [2.75, 3.05) is 0 Å². The molecule has 0 aliphatic carbocycles. The minimum Gasteiger partial charge on any atom is -0.482 e. The van der Waals surface area contributed by atoms with Gasteiger partial charge in [-0.1, -0.05) is 11.6 Å². The van der Waals surface area contributed by atoms with Crippen molar-refractivity contribution in [3.05, 3.63) is 12.3 Å². The molecule has 0 bridgehead atoms. The van der Waals surface area contributed by atoms with Crippen molar-refractivity contribution in [2.45, 2.75) is 12.0 Å². The smallest absolute Gasteiger partial charge is 0.174 e. The fourth-order valence-corrected chi connectivity index (χ4v) is 0.521. The molecule has 0 saturated heterocycles. The first-order valence-corrected chi connectivity index (χ1v) is 2.28. The van der Waals surface area contributed by atoms with E-state index in [0.717, 1.165) is 6.42 Å². The lowest BCUT2D eigenvalue weighted by atomic mass is 10.5. The van der Waals surface area contributed by atoms with E-state index in [1.54, 1.807) is 6.26 Å². The Morgan fingerprint density at radius 1 is 1.83 bits per heavy atom. The lowest BCUT2D eigenvalue weighted by molar-refractivity contribution is 0.244. The van der Waals surface area contributed by atoms with E-state index in [1.165, 1.54) is 0 Å².